The van der Waals surface area contributed by atoms with Crippen molar-refractivity contribution in [1.82, 2.24) is 0 Å². The van der Waals surface area contributed by atoms with Gasteiger partial charge in [0.1, 0.15) is 12.0 Å². The zero-order valence-corrected chi connectivity index (χ0v) is 8.07. The quantitative estimate of drug-likeness (QED) is 0.440. The van der Waals surface area contributed by atoms with E-state index in [1.54, 1.807) is 12.1 Å². The maximum atomic E-state index is 10.7. The standard InChI is InChI=1S/C12H14O2/c1-2-3-4-5-10-8-12(14)7-6-11(10)9-13/h2,6-9,14H,1,3-5H2. The van der Waals surface area contributed by atoms with Gasteiger partial charge in [-0.15, -0.1) is 6.58 Å². The third-order valence-electron chi connectivity index (χ3n) is 2.11. The highest BCUT2D eigenvalue weighted by molar-refractivity contribution is 5.77. The second-order valence-corrected chi connectivity index (χ2v) is 3.18. The van der Waals surface area contributed by atoms with E-state index in [0.29, 0.717) is 5.56 Å². The Morgan fingerprint density at radius 1 is 1.43 bits per heavy atom. The summed E-state index contributed by atoms with van der Waals surface area (Å²) in [4.78, 5) is 10.7. The molecule has 0 spiro atoms. The minimum absolute atomic E-state index is 0.212. The zero-order chi connectivity index (χ0) is 10.4. The lowest BCUT2D eigenvalue weighted by molar-refractivity contribution is 0.112. The van der Waals surface area contributed by atoms with Crippen LogP contribution >= 0.6 is 0 Å². The van der Waals surface area contributed by atoms with Crippen LogP contribution in [-0.4, -0.2) is 11.4 Å². The van der Waals surface area contributed by atoms with Gasteiger partial charge < -0.3 is 5.11 Å². The second-order valence-electron chi connectivity index (χ2n) is 3.18. The van der Waals surface area contributed by atoms with Crippen LogP contribution < -0.4 is 0 Å². The number of rotatable bonds is 5. The molecule has 0 unspecified atom stereocenters. The van der Waals surface area contributed by atoms with Gasteiger partial charge in [0, 0.05) is 5.56 Å². The van der Waals surface area contributed by atoms with E-state index in [9.17, 15) is 9.90 Å². The first-order valence-corrected chi connectivity index (χ1v) is 4.66. The van der Waals surface area contributed by atoms with Crippen LogP contribution in [0, 0.1) is 0 Å². The molecule has 1 aromatic rings. The van der Waals surface area contributed by atoms with E-state index < -0.39 is 0 Å². The average Bonchev–Trinajstić information content (AvgIpc) is 2.19. The molecule has 74 valence electrons. The summed E-state index contributed by atoms with van der Waals surface area (Å²) in [6.45, 7) is 3.63. The van der Waals surface area contributed by atoms with Gasteiger partial charge in [-0.05, 0) is 43.0 Å². The Bertz CT molecular complexity index is 329. The number of aromatic hydroxyl groups is 1. The van der Waals surface area contributed by atoms with Crippen molar-refractivity contribution in [2.45, 2.75) is 19.3 Å². The van der Waals surface area contributed by atoms with Crippen LogP contribution in [0.15, 0.2) is 30.9 Å². The molecular formula is C12H14O2. The summed E-state index contributed by atoms with van der Waals surface area (Å²) in [5.41, 5.74) is 1.56. The van der Waals surface area contributed by atoms with Gasteiger partial charge in [-0.2, -0.15) is 0 Å². The average molecular weight is 190 g/mol. The highest BCUT2D eigenvalue weighted by Crippen LogP contribution is 2.17. The Balaban J connectivity index is 2.76. The van der Waals surface area contributed by atoms with Gasteiger partial charge in [0.25, 0.3) is 0 Å². The predicted octanol–water partition coefficient (Wildman–Crippen LogP) is 2.71. The summed E-state index contributed by atoms with van der Waals surface area (Å²) in [5, 5.41) is 9.25. The minimum Gasteiger partial charge on any atom is -0.508 e. The third kappa shape index (κ3) is 2.73. The summed E-state index contributed by atoms with van der Waals surface area (Å²) in [7, 11) is 0. The van der Waals surface area contributed by atoms with Gasteiger partial charge >= 0.3 is 0 Å². The molecule has 0 bridgehead atoms. The van der Waals surface area contributed by atoms with Crippen LogP contribution in [-0.2, 0) is 6.42 Å². The van der Waals surface area contributed by atoms with Crippen molar-refractivity contribution in [3.05, 3.63) is 42.0 Å². The molecule has 0 fully saturated rings. The van der Waals surface area contributed by atoms with Crippen LogP contribution in [0.25, 0.3) is 0 Å². The Kier molecular flexibility index (Phi) is 3.92. The molecule has 0 aliphatic carbocycles. The number of carbonyl (C=O) groups is 1. The van der Waals surface area contributed by atoms with Gasteiger partial charge in [0.15, 0.2) is 0 Å². The molecule has 2 heteroatoms. The van der Waals surface area contributed by atoms with Crippen molar-refractivity contribution >= 4 is 6.29 Å². The lowest BCUT2D eigenvalue weighted by Gasteiger charge is -2.04. The smallest absolute Gasteiger partial charge is 0.150 e. The summed E-state index contributed by atoms with van der Waals surface area (Å²) in [5.74, 6) is 0.212. The summed E-state index contributed by atoms with van der Waals surface area (Å²) in [6, 6.07) is 4.82. The second kappa shape index (κ2) is 5.22. The Morgan fingerprint density at radius 3 is 2.86 bits per heavy atom. The number of hydrogen-bond acceptors (Lipinski definition) is 2. The molecule has 1 aromatic carbocycles. The minimum atomic E-state index is 0.212. The fourth-order valence-electron chi connectivity index (χ4n) is 1.36. The van der Waals surface area contributed by atoms with Gasteiger partial charge in [-0.3, -0.25) is 4.79 Å². The third-order valence-corrected chi connectivity index (χ3v) is 2.11. The van der Waals surface area contributed by atoms with Crippen LogP contribution in [0.4, 0.5) is 0 Å². The van der Waals surface area contributed by atoms with Gasteiger partial charge in [-0.1, -0.05) is 6.08 Å². The number of carbonyl (C=O) groups excluding carboxylic acids is 1. The molecule has 0 aromatic heterocycles. The number of hydrogen-bond donors (Lipinski definition) is 1. The number of phenols is 1. The number of benzene rings is 1. The molecule has 0 saturated heterocycles. The Morgan fingerprint density at radius 2 is 2.21 bits per heavy atom. The van der Waals surface area contributed by atoms with Crippen LogP contribution in [0.1, 0.15) is 28.8 Å². The molecule has 0 radical (unpaired) electrons. The zero-order valence-electron chi connectivity index (χ0n) is 8.07. The monoisotopic (exact) mass is 190 g/mol. The molecule has 0 heterocycles. The van der Waals surface area contributed by atoms with Gasteiger partial charge in [-0.25, -0.2) is 0 Å². The Labute approximate surface area is 83.9 Å². The van der Waals surface area contributed by atoms with Crippen LogP contribution in [0.3, 0.4) is 0 Å². The maximum absolute atomic E-state index is 10.7. The topological polar surface area (TPSA) is 37.3 Å². The number of aldehydes is 1. The number of aryl methyl sites for hydroxylation is 1. The van der Waals surface area contributed by atoms with Gasteiger partial charge in [0.05, 0.1) is 0 Å². The van der Waals surface area contributed by atoms with E-state index in [0.717, 1.165) is 31.1 Å². The number of allylic oxidation sites excluding steroid dienone is 1. The predicted molar refractivity (Wildman–Crippen MR) is 56.6 cm³/mol. The molecule has 1 N–H and O–H groups in total. The highest BCUT2D eigenvalue weighted by atomic mass is 16.3. The van der Waals surface area contributed by atoms with E-state index in [2.05, 4.69) is 6.58 Å². The largest absolute Gasteiger partial charge is 0.508 e. The van der Waals surface area contributed by atoms with E-state index in [-0.39, 0.29) is 5.75 Å². The summed E-state index contributed by atoms with van der Waals surface area (Å²) < 4.78 is 0. The van der Waals surface area contributed by atoms with Crippen molar-refractivity contribution in [2.75, 3.05) is 0 Å². The fraction of sp³-hybridized carbons (Fsp3) is 0.250. The lowest BCUT2D eigenvalue weighted by Crippen LogP contribution is -1.92. The molecule has 0 amide bonds. The van der Waals surface area contributed by atoms with Crippen molar-refractivity contribution in [3.63, 3.8) is 0 Å². The molecule has 1 rings (SSSR count). The molecular weight excluding hydrogens is 176 g/mol. The van der Waals surface area contributed by atoms with Crippen LogP contribution in [0.2, 0.25) is 0 Å². The van der Waals surface area contributed by atoms with Crippen LogP contribution in [0.5, 0.6) is 5.75 Å². The van der Waals surface area contributed by atoms with Crippen molar-refractivity contribution in [3.8, 4) is 5.75 Å². The van der Waals surface area contributed by atoms with E-state index >= 15 is 0 Å². The first kappa shape index (κ1) is 10.5. The summed E-state index contributed by atoms with van der Waals surface area (Å²) in [6.07, 6.45) is 5.35. The van der Waals surface area contributed by atoms with E-state index in [4.69, 9.17) is 0 Å². The molecule has 0 atom stereocenters. The Hall–Kier alpha value is -1.57. The van der Waals surface area contributed by atoms with Crippen molar-refractivity contribution in [2.24, 2.45) is 0 Å². The first-order chi connectivity index (χ1) is 6.77. The van der Waals surface area contributed by atoms with Crippen molar-refractivity contribution < 1.29 is 9.90 Å². The SMILES string of the molecule is C=CCCCc1cc(O)ccc1C=O. The van der Waals surface area contributed by atoms with Gasteiger partial charge in [0.2, 0.25) is 0 Å². The fourth-order valence-corrected chi connectivity index (χ4v) is 1.36. The normalized spacial score (nSPS) is 9.71. The molecule has 0 saturated carbocycles. The molecule has 2 nitrogen and oxygen atoms in total. The number of phenolic OH excluding ortho intramolecular Hbond substituents is 1. The maximum Gasteiger partial charge on any atom is 0.150 e. The van der Waals surface area contributed by atoms with E-state index in [1.165, 1.54) is 6.07 Å². The van der Waals surface area contributed by atoms with E-state index in [1.807, 2.05) is 6.08 Å². The molecule has 14 heavy (non-hydrogen) atoms. The summed E-state index contributed by atoms with van der Waals surface area (Å²) >= 11 is 0. The van der Waals surface area contributed by atoms with Crippen molar-refractivity contribution in [1.29, 1.82) is 0 Å². The number of unbranched alkanes of at least 4 members (excludes halogenated alkanes) is 1. The first-order valence-electron chi connectivity index (χ1n) is 4.66. The highest BCUT2D eigenvalue weighted by Gasteiger charge is 2.01. The molecule has 0 aliphatic heterocycles. The molecule has 0 aliphatic rings. The lowest BCUT2D eigenvalue weighted by atomic mass is 10.0.